The third-order valence-electron chi connectivity index (χ3n) is 3.33. The molecule has 0 unspecified atom stereocenters. The number of H-pyrrole nitrogens is 1. The van der Waals surface area contributed by atoms with E-state index >= 15 is 0 Å². The third kappa shape index (κ3) is 2.62. The van der Waals surface area contributed by atoms with E-state index in [0.717, 1.165) is 26.2 Å². The highest BCUT2D eigenvalue weighted by atomic mass is 19.1. The molecule has 20 heavy (non-hydrogen) atoms. The molecule has 5 nitrogen and oxygen atoms in total. The van der Waals surface area contributed by atoms with Crippen molar-refractivity contribution in [2.75, 3.05) is 31.1 Å². The van der Waals surface area contributed by atoms with Crippen LogP contribution in [0.15, 0.2) is 18.2 Å². The Morgan fingerprint density at radius 1 is 1.15 bits per heavy atom. The van der Waals surface area contributed by atoms with E-state index in [0.29, 0.717) is 11.8 Å². The van der Waals surface area contributed by atoms with Crippen LogP contribution in [0.5, 0.6) is 0 Å². The number of nitrogens with one attached hydrogen (secondary N) is 2. The van der Waals surface area contributed by atoms with Crippen molar-refractivity contribution < 1.29 is 8.78 Å². The van der Waals surface area contributed by atoms with Crippen molar-refractivity contribution >= 4 is 5.95 Å². The Morgan fingerprint density at radius 2 is 1.85 bits per heavy atom. The molecular weight excluding hydrogens is 264 g/mol. The van der Waals surface area contributed by atoms with Crippen molar-refractivity contribution in [2.24, 2.45) is 0 Å². The number of rotatable bonds is 3. The first kappa shape index (κ1) is 13.0. The number of benzene rings is 1. The number of piperazine rings is 1. The van der Waals surface area contributed by atoms with Gasteiger partial charge in [0.05, 0.1) is 0 Å². The summed E-state index contributed by atoms with van der Waals surface area (Å²) in [6, 6.07) is 3.83. The fraction of sp³-hybridized carbons (Fsp3) is 0.385. The lowest BCUT2D eigenvalue weighted by atomic mass is 10.1. The lowest BCUT2D eigenvalue weighted by molar-refractivity contribution is 0.559. The zero-order chi connectivity index (χ0) is 13.9. The van der Waals surface area contributed by atoms with Crippen LogP contribution in [0.3, 0.4) is 0 Å². The Hall–Kier alpha value is -2.02. The molecule has 0 atom stereocenters. The maximum Gasteiger partial charge on any atom is 0.244 e. The topological polar surface area (TPSA) is 56.8 Å². The molecule has 0 saturated carbocycles. The summed E-state index contributed by atoms with van der Waals surface area (Å²) in [6.07, 6.45) is 0.0671. The molecule has 2 heterocycles. The second-order valence-electron chi connectivity index (χ2n) is 4.70. The Morgan fingerprint density at radius 3 is 2.55 bits per heavy atom. The second-order valence-corrected chi connectivity index (χ2v) is 4.70. The predicted molar refractivity (Wildman–Crippen MR) is 70.6 cm³/mol. The Bertz CT molecular complexity index is 572. The van der Waals surface area contributed by atoms with Crippen molar-refractivity contribution in [3.63, 3.8) is 0 Å². The molecule has 1 saturated heterocycles. The predicted octanol–water partition coefficient (Wildman–Crippen LogP) is 1.08. The molecule has 0 spiro atoms. The third-order valence-corrected chi connectivity index (χ3v) is 3.33. The molecule has 1 fully saturated rings. The van der Waals surface area contributed by atoms with Crippen LogP contribution in [0, 0.1) is 11.6 Å². The van der Waals surface area contributed by atoms with Gasteiger partial charge in [-0.2, -0.15) is 4.98 Å². The molecule has 106 valence electrons. The first-order chi connectivity index (χ1) is 9.74. The van der Waals surface area contributed by atoms with Gasteiger partial charge in [0.15, 0.2) is 0 Å². The van der Waals surface area contributed by atoms with E-state index in [1.165, 1.54) is 18.2 Å². The lowest BCUT2D eigenvalue weighted by Crippen LogP contribution is -2.44. The van der Waals surface area contributed by atoms with Crippen molar-refractivity contribution in [1.82, 2.24) is 20.5 Å². The number of aromatic amines is 1. The van der Waals surface area contributed by atoms with Gasteiger partial charge >= 0.3 is 0 Å². The average molecular weight is 279 g/mol. The molecular formula is C13H15F2N5. The van der Waals surface area contributed by atoms with E-state index in [4.69, 9.17) is 0 Å². The molecule has 0 aliphatic carbocycles. The van der Waals surface area contributed by atoms with E-state index < -0.39 is 11.6 Å². The fourth-order valence-electron chi connectivity index (χ4n) is 2.24. The van der Waals surface area contributed by atoms with Gasteiger partial charge in [0.1, 0.15) is 17.5 Å². The van der Waals surface area contributed by atoms with Gasteiger partial charge in [-0.25, -0.2) is 8.78 Å². The van der Waals surface area contributed by atoms with E-state index in [1.807, 2.05) is 4.90 Å². The largest absolute Gasteiger partial charge is 0.337 e. The van der Waals surface area contributed by atoms with Crippen LogP contribution >= 0.6 is 0 Å². The number of aromatic nitrogens is 3. The molecule has 2 aromatic rings. The molecule has 7 heteroatoms. The van der Waals surface area contributed by atoms with Gasteiger partial charge in [0.2, 0.25) is 5.95 Å². The van der Waals surface area contributed by atoms with Crippen molar-refractivity contribution in [3.05, 3.63) is 41.2 Å². The first-order valence-electron chi connectivity index (χ1n) is 6.54. The van der Waals surface area contributed by atoms with Gasteiger partial charge in [-0.05, 0) is 12.1 Å². The quantitative estimate of drug-likeness (QED) is 0.883. The standard InChI is InChI=1S/C13H15F2N5/c14-10-2-1-3-11(15)9(10)8-12-17-13(19-18-12)20-6-4-16-5-7-20/h1-3,16H,4-8H2,(H,17,18,19). The van der Waals surface area contributed by atoms with Crippen LogP contribution < -0.4 is 10.2 Å². The van der Waals surface area contributed by atoms with Gasteiger partial charge in [0, 0.05) is 38.2 Å². The van der Waals surface area contributed by atoms with Gasteiger partial charge in [-0.3, -0.25) is 5.10 Å². The Kier molecular flexibility index (Phi) is 3.60. The summed E-state index contributed by atoms with van der Waals surface area (Å²) in [5.74, 6) is -0.0870. The molecule has 1 aliphatic rings. The van der Waals surface area contributed by atoms with E-state index in [9.17, 15) is 8.78 Å². The van der Waals surface area contributed by atoms with Gasteiger partial charge in [-0.15, -0.1) is 5.10 Å². The molecule has 2 N–H and O–H groups in total. The maximum absolute atomic E-state index is 13.6. The smallest absolute Gasteiger partial charge is 0.244 e. The van der Waals surface area contributed by atoms with Gasteiger partial charge in [0.25, 0.3) is 0 Å². The molecule has 1 aromatic heterocycles. The van der Waals surface area contributed by atoms with Gasteiger partial charge in [-0.1, -0.05) is 6.07 Å². The first-order valence-corrected chi connectivity index (χ1v) is 6.54. The molecule has 0 radical (unpaired) electrons. The van der Waals surface area contributed by atoms with Crippen LogP contribution in [0.4, 0.5) is 14.7 Å². The summed E-state index contributed by atoms with van der Waals surface area (Å²) >= 11 is 0. The van der Waals surface area contributed by atoms with Crippen LogP contribution in [0.25, 0.3) is 0 Å². The molecule has 1 aromatic carbocycles. The van der Waals surface area contributed by atoms with E-state index in [1.54, 1.807) is 0 Å². The summed E-state index contributed by atoms with van der Waals surface area (Å²) in [6.45, 7) is 3.41. The van der Waals surface area contributed by atoms with E-state index in [-0.39, 0.29) is 12.0 Å². The Balaban J connectivity index is 1.77. The minimum atomic E-state index is -0.565. The average Bonchev–Trinajstić information content (AvgIpc) is 2.93. The van der Waals surface area contributed by atoms with Crippen LogP contribution in [-0.4, -0.2) is 41.4 Å². The lowest BCUT2D eigenvalue weighted by Gasteiger charge is -2.25. The van der Waals surface area contributed by atoms with Crippen molar-refractivity contribution in [2.45, 2.75) is 6.42 Å². The number of anilines is 1. The van der Waals surface area contributed by atoms with Crippen molar-refractivity contribution in [1.29, 1.82) is 0 Å². The SMILES string of the molecule is Fc1cccc(F)c1Cc1nc(N2CCNCC2)n[nH]1. The summed E-state index contributed by atoms with van der Waals surface area (Å²) in [7, 11) is 0. The summed E-state index contributed by atoms with van der Waals surface area (Å²) in [5, 5.41) is 10.1. The number of hydrogen-bond acceptors (Lipinski definition) is 4. The molecule has 1 aliphatic heterocycles. The monoisotopic (exact) mass is 279 g/mol. The normalized spacial score (nSPS) is 15.6. The molecule has 0 amide bonds. The Labute approximate surface area is 115 Å². The highest BCUT2D eigenvalue weighted by Gasteiger charge is 2.16. The maximum atomic E-state index is 13.6. The summed E-state index contributed by atoms with van der Waals surface area (Å²) in [5.41, 5.74) is 0.00973. The highest BCUT2D eigenvalue weighted by molar-refractivity contribution is 5.31. The number of nitrogens with zero attached hydrogens (tertiary/aromatic N) is 3. The molecule has 3 rings (SSSR count). The van der Waals surface area contributed by atoms with E-state index in [2.05, 4.69) is 20.5 Å². The molecule has 0 bridgehead atoms. The highest BCUT2D eigenvalue weighted by Crippen LogP contribution is 2.16. The van der Waals surface area contributed by atoms with Crippen LogP contribution in [0.2, 0.25) is 0 Å². The zero-order valence-corrected chi connectivity index (χ0v) is 10.9. The number of halogens is 2. The van der Waals surface area contributed by atoms with Gasteiger partial charge < -0.3 is 10.2 Å². The minimum absolute atomic E-state index is 0.00973. The minimum Gasteiger partial charge on any atom is -0.337 e. The van der Waals surface area contributed by atoms with Crippen LogP contribution in [0.1, 0.15) is 11.4 Å². The second kappa shape index (κ2) is 5.54. The van der Waals surface area contributed by atoms with Crippen LogP contribution in [-0.2, 0) is 6.42 Å². The summed E-state index contributed by atoms with van der Waals surface area (Å²) < 4.78 is 27.2. The zero-order valence-electron chi connectivity index (χ0n) is 10.9. The van der Waals surface area contributed by atoms with Crippen molar-refractivity contribution in [3.8, 4) is 0 Å². The summed E-state index contributed by atoms with van der Waals surface area (Å²) in [4.78, 5) is 6.35. The number of hydrogen-bond donors (Lipinski definition) is 2. The fourth-order valence-corrected chi connectivity index (χ4v) is 2.24.